The number of benzene rings is 1. The largest absolute Gasteiger partial charge is 0.385 e. The molecule has 1 rings (SSSR count). The van der Waals surface area contributed by atoms with E-state index in [2.05, 4.69) is 15.9 Å². The molecule has 0 saturated carbocycles. The van der Waals surface area contributed by atoms with Gasteiger partial charge in [0.1, 0.15) is 6.10 Å². The van der Waals surface area contributed by atoms with E-state index in [1.54, 1.807) is 53.8 Å². The number of aliphatic hydroxyl groups is 1. The summed E-state index contributed by atoms with van der Waals surface area (Å²) in [5.41, 5.74) is 0.498. The summed E-state index contributed by atoms with van der Waals surface area (Å²) in [4.78, 5) is 0. The number of hydrogen-bond acceptors (Lipinski definition) is 3. The SMILES string of the molecule is CCS(=O)(=O)C(Br)(I)C(O)c1ccc(Cl)cc1. The van der Waals surface area contributed by atoms with Gasteiger partial charge in [-0.2, -0.15) is 0 Å². The second-order valence-electron chi connectivity index (χ2n) is 3.42. The van der Waals surface area contributed by atoms with E-state index in [-0.39, 0.29) is 5.75 Å². The average Bonchev–Trinajstić information content (AvgIpc) is 2.28. The monoisotopic (exact) mass is 452 g/mol. The smallest absolute Gasteiger partial charge is 0.207 e. The molecule has 0 aliphatic rings. The molecule has 0 aromatic heterocycles. The summed E-state index contributed by atoms with van der Waals surface area (Å²) < 4.78 is 22.3. The van der Waals surface area contributed by atoms with E-state index in [4.69, 9.17) is 11.6 Å². The number of halogens is 3. The second-order valence-corrected chi connectivity index (χ2v) is 12.0. The molecular weight excluding hydrogens is 442 g/mol. The maximum absolute atomic E-state index is 11.9. The van der Waals surface area contributed by atoms with Crippen molar-refractivity contribution in [1.82, 2.24) is 0 Å². The first-order valence-electron chi connectivity index (χ1n) is 4.76. The predicted molar refractivity (Wildman–Crippen MR) is 81.6 cm³/mol. The third-order valence-electron chi connectivity index (χ3n) is 2.30. The maximum atomic E-state index is 11.9. The van der Waals surface area contributed by atoms with Crippen LogP contribution in [0.2, 0.25) is 5.02 Å². The Morgan fingerprint density at radius 2 is 1.94 bits per heavy atom. The molecule has 1 N–H and O–H groups in total. The van der Waals surface area contributed by atoms with Crippen LogP contribution in [0.5, 0.6) is 0 Å². The molecule has 0 spiro atoms. The Bertz CT molecular complexity index is 487. The van der Waals surface area contributed by atoms with Gasteiger partial charge in [-0.25, -0.2) is 8.42 Å². The van der Waals surface area contributed by atoms with Crippen LogP contribution >= 0.6 is 50.1 Å². The number of aliphatic hydroxyl groups excluding tert-OH is 1. The Kier molecular flexibility index (Phi) is 5.29. The van der Waals surface area contributed by atoms with Crippen LogP contribution in [0.1, 0.15) is 18.6 Å². The van der Waals surface area contributed by atoms with Gasteiger partial charge in [0.25, 0.3) is 0 Å². The molecule has 0 aliphatic carbocycles. The lowest BCUT2D eigenvalue weighted by Crippen LogP contribution is -2.33. The van der Waals surface area contributed by atoms with E-state index >= 15 is 0 Å². The quantitative estimate of drug-likeness (QED) is 0.562. The van der Waals surface area contributed by atoms with Crippen molar-refractivity contribution < 1.29 is 13.5 Å². The van der Waals surface area contributed by atoms with Gasteiger partial charge in [0.2, 0.25) is 1.66 Å². The van der Waals surface area contributed by atoms with Crippen LogP contribution in [0.15, 0.2) is 24.3 Å². The lowest BCUT2D eigenvalue weighted by molar-refractivity contribution is 0.191. The molecule has 0 aliphatic heterocycles. The van der Waals surface area contributed by atoms with Crippen molar-refractivity contribution in [3.8, 4) is 0 Å². The molecule has 1 aromatic rings. The first kappa shape index (κ1) is 15.7. The Labute approximate surface area is 128 Å². The van der Waals surface area contributed by atoms with Crippen molar-refractivity contribution in [3.63, 3.8) is 0 Å². The molecule has 96 valence electrons. The van der Waals surface area contributed by atoms with Gasteiger partial charge in [0.05, 0.1) is 0 Å². The third-order valence-corrected chi connectivity index (χ3v) is 8.88. The highest BCUT2D eigenvalue weighted by molar-refractivity contribution is 14.1. The predicted octanol–water partition coefficient (Wildman–Crippen LogP) is 3.29. The highest BCUT2D eigenvalue weighted by atomic mass is 127. The zero-order valence-corrected chi connectivity index (χ0v) is 14.2. The van der Waals surface area contributed by atoms with Gasteiger partial charge in [-0.05, 0) is 40.3 Å². The zero-order chi connectivity index (χ0) is 13.3. The molecule has 2 atom stereocenters. The molecule has 17 heavy (non-hydrogen) atoms. The van der Waals surface area contributed by atoms with E-state index in [1.807, 2.05) is 0 Å². The van der Waals surface area contributed by atoms with Crippen molar-refractivity contribution >= 4 is 60.0 Å². The molecule has 0 saturated heterocycles. The van der Waals surface area contributed by atoms with E-state index in [0.29, 0.717) is 10.6 Å². The zero-order valence-electron chi connectivity index (χ0n) is 8.90. The van der Waals surface area contributed by atoms with Crippen molar-refractivity contribution in [2.75, 3.05) is 5.75 Å². The van der Waals surface area contributed by atoms with E-state index in [9.17, 15) is 13.5 Å². The van der Waals surface area contributed by atoms with Gasteiger partial charge >= 0.3 is 0 Å². The minimum absolute atomic E-state index is 0.0498. The van der Waals surface area contributed by atoms with Gasteiger partial charge in [0.15, 0.2) is 9.84 Å². The molecule has 0 radical (unpaired) electrons. The first-order valence-corrected chi connectivity index (χ1v) is 8.66. The van der Waals surface area contributed by atoms with E-state index in [1.165, 1.54) is 0 Å². The van der Waals surface area contributed by atoms with Gasteiger partial charge < -0.3 is 5.11 Å². The molecule has 1 aromatic carbocycles. The second kappa shape index (κ2) is 5.73. The van der Waals surface area contributed by atoms with Crippen molar-refractivity contribution in [2.24, 2.45) is 0 Å². The number of hydrogen-bond donors (Lipinski definition) is 1. The summed E-state index contributed by atoms with van der Waals surface area (Å²) in [7, 11) is -3.43. The van der Waals surface area contributed by atoms with Gasteiger partial charge in [-0.1, -0.05) is 46.6 Å². The number of rotatable bonds is 4. The first-order chi connectivity index (χ1) is 7.72. The minimum atomic E-state index is -3.43. The Balaban J connectivity index is 3.12. The molecular formula is C10H11BrClIO3S. The van der Waals surface area contributed by atoms with Crippen LogP contribution in [-0.4, -0.2) is 20.9 Å². The summed E-state index contributed by atoms with van der Waals surface area (Å²) >= 11 is 10.5. The molecule has 0 fully saturated rings. The van der Waals surface area contributed by atoms with E-state index < -0.39 is 17.6 Å². The molecule has 0 bridgehead atoms. The Morgan fingerprint density at radius 3 is 2.35 bits per heavy atom. The summed E-state index contributed by atoms with van der Waals surface area (Å²) in [5.74, 6) is -0.0498. The fourth-order valence-corrected chi connectivity index (χ4v) is 4.43. The number of alkyl halides is 2. The Hall–Kier alpha value is 0.630. The standard InChI is InChI=1S/C10H11BrClIO3S/c1-2-17(15,16)10(11,13)9(14)7-3-5-8(12)6-4-7/h3-6,9,14H,2H2,1H3. The van der Waals surface area contributed by atoms with Gasteiger partial charge in [-0.15, -0.1) is 0 Å². The van der Waals surface area contributed by atoms with Crippen LogP contribution < -0.4 is 0 Å². The minimum Gasteiger partial charge on any atom is -0.385 e. The topological polar surface area (TPSA) is 54.4 Å². The molecule has 0 amide bonds. The normalized spacial score (nSPS) is 17.5. The highest BCUT2D eigenvalue weighted by Gasteiger charge is 2.44. The van der Waals surface area contributed by atoms with Crippen molar-refractivity contribution in [1.29, 1.82) is 0 Å². The van der Waals surface area contributed by atoms with Crippen LogP contribution in [0.25, 0.3) is 0 Å². The molecule has 2 unspecified atom stereocenters. The fourth-order valence-electron chi connectivity index (χ4n) is 1.20. The molecule has 7 heteroatoms. The maximum Gasteiger partial charge on any atom is 0.207 e. The summed E-state index contributed by atoms with van der Waals surface area (Å²) in [6, 6.07) is 6.43. The summed E-state index contributed by atoms with van der Waals surface area (Å²) in [5, 5.41) is 10.7. The van der Waals surface area contributed by atoms with Crippen molar-refractivity contribution in [3.05, 3.63) is 34.9 Å². The third kappa shape index (κ3) is 3.34. The van der Waals surface area contributed by atoms with Crippen molar-refractivity contribution in [2.45, 2.75) is 14.7 Å². The lowest BCUT2D eigenvalue weighted by Gasteiger charge is -2.26. The van der Waals surface area contributed by atoms with E-state index in [0.717, 1.165) is 0 Å². The van der Waals surface area contributed by atoms with Crippen LogP contribution in [0.4, 0.5) is 0 Å². The number of sulfone groups is 1. The molecule has 0 heterocycles. The summed E-state index contributed by atoms with van der Waals surface area (Å²) in [6.45, 7) is 1.54. The lowest BCUT2D eigenvalue weighted by atomic mass is 10.1. The Morgan fingerprint density at radius 1 is 1.47 bits per heavy atom. The van der Waals surface area contributed by atoms with Crippen LogP contribution in [-0.2, 0) is 9.84 Å². The van der Waals surface area contributed by atoms with Crippen LogP contribution in [0, 0.1) is 0 Å². The van der Waals surface area contributed by atoms with Gasteiger partial charge in [0, 0.05) is 10.8 Å². The fraction of sp³-hybridized carbons (Fsp3) is 0.400. The summed E-state index contributed by atoms with van der Waals surface area (Å²) in [6.07, 6.45) is -1.16. The van der Waals surface area contributed by atoms with Crippen LogP contribution in [0.3, 0.4) is 0 Å². The average molecular weight is 454 g/mol. The van der Waals surface area contributed by atoms with Gasteiger partial charge in [-0.3, -0.25) is 0 Å². The molecule has 3 nitrogen and oxygen atoms in total. The highest BCUT2D eigenvalue weighted by Crippen LogP contribution is 2.45.